The Labute approximate surface area is 145 Å². The normalized spacial score (nSPS) is 11.1. The van der Waals surface area contributed by atoms with Gasteiger partial charge >= 0.3 is 12.4 Å². The van der Waals surface area contributed by atoms with Crippen molar-refractivity contribution in [1.82, 2.24) is 5.32 Å². The summed E-state index contributed by atoms with van der Waals surface area (Å²) in [7, 11) is 0. The highest BCUT2D eigenvalue weighted by Gasteiger charge is 2.33. The van der Waals surface area contributed by atoms with Gasteiger partial charge in [0.2, 0.25) is 0 Å². The van der Waals surface area contributed by atoms with Crippen LogP contribution in [0.25, 0.3) is 0 Å². The average Bonchev–Trinajstić information content (AvgIpc) is 2.50. The third-order valence-corrected chi connectivity index (χ3v) is 2.91. The Balaban J connectivity index is 2.18. The summed E-state index contributed by atoms with van der Waals surface area (Å²) >= 11 is 0. The molecule has 0 aliphatic rings. The van der Waals surface area contributed by atoms with Gasteiger partial charge in [-0.3, -0.25) is 10.1 Å². The summed E-state index contributed by atoms with van der Waals surface area (Å²) in [5.41, 5.74) is -2.11. The van der Waals surface area contributed by atoms with Gasteiger partial charge in [0.05, 0.1) is 5.69 Å². The van der Waals surface area contributed by atoms with Crippen LogP contribution in [0.4, 0.5) is 41.2 Å². The van der Waals surface area contributed by atoms with Crippen LogP contribution in [0, 0.1) is 23.3 Å². The highest BCUT2D eigenvalue weighted by Crippen LogP contribution is 2.30. The molecule has 0 aliphatic carbocycles. The summed E-state index contributed by atoms with van der Waals surface area (Å²) in [6.07, 6.45) is -5.30. The lowest BCUT2D eigenvalue weighted by Gasteiger charge is -2.13. The third kappa shape index (κ3) is 5.09. The zero-order chi connectivity index (χ0) is 20.4. The summed E-state index contributed by atoms with van der Waals surface area (Å²) in [6.45, 7) is 0. The van der Waals surface area contributed by atoms with Crippen LogP contribution in [0.15, 0.2) is 30.3 Å². The number of anilines is 1. The molecule has 5 nitrogen and oxygen atoms in total. The van der Waals surface area contributed by atoms with Crippen LogP contribution in [0.1, 0.15) is 10.4 Å². The second-order valence-corrected chi connectivity index (χ2v) is 4.82. The Morgan fingerprint density at radius 3 is 2.04 bits per heavy atom. The third-order valence-electron chi connectivity index (χ3n) is 2.91. The number of nitrogens with one attached hydrogen (secondary N) is 2. The second kappa shape index (κ2) is 7.51. The fourth-order valence-electron chi connectivity index (χ4n) is 1.86. The van der Waals surface area contributed by atoms with Gasteiger partial charge in [-0.1, -0.05) is 6.07 Å². The molecule has 2 N–H and O–H groups in total. The van der Waals surface area contributed by atoms with Crippen molar-refractivity contribution < 1.29 is 45.1 Å². The summed E-state index contributed by atoms with van der Waals surface area (Å²) in [5.74, 6) is -8.80. The van der Waals surface area contributed by atoms with E-state index in [1.165, 1.54) is 5.32 Å². The fraction of sp³-hybridized carbons (Fsp3) is 0.0667. The number of halogens is 7. The Kier molecular flexibility index (Phi) is 5.57. The number of carbonyl (C=O) groups is 2. The molecule has 0 spiro atoms. The number of imide groups is 1. The van der Waals surface area contributed by atoms with E-state index in [-0.39, 0.29) is 12.1 Å². The predicted molar refractivity (Wildman–Crippen MR) is 75.9 cm³/mol. The number of rotatable bonds is 3. The van der Waals surface area contributed by atoms with Crippen LogP contribution in [-0.4, -0.2) is 18.3 Å². The molecule has 0 bridgehead atoms. The van der Waals surface area contributed by atoms with E-state index in [0.717, 1.165) is 18.2 Å². The number of urea groups is 1. The van der Waals surface area contributed by atoms with Gasteiger partial charge < -0.3 is 10.1 Å². The Morgan fingerprint density at radius 2 is 1.48 bits per heavy atom. The second-order valence-electron chi connectivity index (χ2n) is 4.82. The molecule has 0 heterocycles. The van der Waals surface area contributed by atoms with Crippen LogP contribution >= 0.6 is 0 Å². The predicted octanol–water partition coefficient (Wildman–Crippen LogP) is 4.10. The van der Waals surface area contributed by atoms with Crippen molar-refractivity contribution >= 4 is 17.6 Å². The zero-order valence-electron chi connectivity index (χ0n) is 12.8. The monoisotopic (exact) mass is 396 g/mol. The van der Waals surface area contributed by atoms with Crippen molar-refractivity contribution in [2.24, 2.45) is 0 Å². The lowest BCUT2D eigenvalue weighted by atomic mass is 10.2. The van der Waals surface area contributed by atoms with E-state index in [2.05, 4.69) is 4.74 Å². The minimum Gasteiger partial charge on any atom is -0.403 e. The van der Waals surface area contributed by atoms with Crippen LogP contribution < -0.4 is 15.4 Å². The van der Waals surface area contributed by atoms with Gasteiger partial charge in [0, 0.05) is 12.1 Å². The van der Waals surface area contributed by atoms with Crippen molar-refractivity contribution in [2.45, 2.75) is 6.36 Å². The lowest BCUT2D eigenvalue weighted by molar-refractivity contribution is -0.275. The number of hydrogen-bond acceptors (Lipinski definition) is 3. The molecule has 0 aromatic heterocycles. The largest absolute Gasteiger partial charge is 0.573 e. The molecule has 0 radical (unpaired) electrons. The standard InChI is InChI=1S/C15H7F7N2O3/c16-6-2-1-3-7(17)12(6)13(25)24-14(26)23-10-5-11(27-15(20,21)22)9(19)4-8(10)18/h1-5H,(H2,23,24,25,26). The number of carbonyl (C=O) groups excluding carboxylic acids is 2. The fourth-order valence-corrected chi connectivity index (χ4v) is 1.86. The van der Waals surface area contributed by atoms with E-state index in [4.69, 9.17) is 0 Å². The molecule has 0 aliphatic heterocycles. The van der Waals surface area contributed by atoms with E-state index in [9.17, 15) is 40.3 Å². The lowest BCUT2D eigenvalue weighted by Crippen LogP contribution is -2.35. The number of amides is 3. The number of hydrogen-bond donors (Lipinski definition) is 2. The van der Waals surface area contributed by atoms with Crippen LogP contribution in [-0.2, 0) is 0 Å². The van der Waals surface area contributed by atoms with Crippen molar-refractivity contribution in [3.8, 4) is 5.75 Å². The summed E-state index contributed by atoms with van der Waals surface area (Å²) in [4.78, 5) is 23.3. The van der Waals surface area contributed by atoms with Gasteiger partial charge in [-0.2, -0.15) is 0 Å². The topological polar surface area (TPSA) is 67.4 Å². The van der Waals surface area contributed by atoms with Crippen molar-refractivity contribution in [3.63, 3.8) is 0 Å². The number of alkyl halides is 3. The molecular weight excluding hydrogens is 389 g/mol. The van der Waals surface area contributed by atoms with E-state index < -0.39 is 58.6 Å². The van der Waals surface area contributed by atoms with Gasteiger partial charge in [-0.25, -0.2) is 22.4 Å². The maximum atomic E-state index is 13.6. The van der Waals surface area contributed by atoms with Gasteiger partial charge in [-0.15, -0.1) is 13.2 Å². The summed E-state index contributed by atoms with van der Waals surface area (Å²) < 4.78 is 93.5. The molecule has 144 valence electrons. The first-order valence-electron chi connectivity index (χ1n) is 6.79. The molecule has 27 heavy (non-hydrogen) atoms. The molecule has 0 atom stereocenters. The minimum absolute atomic E-state index is 0.00492. The highest BCUT2D eigenvalue weighted by molar-refractivity contribution is 6.08. The minimum atomic E-state index is -5.30. The van der Waals surface area contributed by atoms with E-state index >= 15 is 0 Å². The average molecular weight is 396 g/mol. The number of ether oxygens (including phenoxy) is 1. The molecule has 0 saturated carbocycles. The molecule has 12 heteroatoms. The van der Waals surface area contributed by atoms with Crippen molar-refractivity contribution in [1.29, 1.82) is 0 Å². The molecule has 0 fully saturated rings. The van der Waals surface area contributed by atoms with Gasteiger partial charge in [0.25, 0.3) is 5.91 Å². The first kappa shape index (κ1) is 20.0. The first-order valence-corrected chi connectivity index (χ1v) is 6.79. The first-order chi connectivity index (χ1) is 12.5. The van der Waals surface area contributed by atoms with Gasteiger partial charge in [-0.05, 0) is 12.1 Å². The van der Waals surface area contributed by atoms with Crippen LogP contribution in [0.5, 0.6) is 5.75 Å². The molecule has 0 saturated heterocycles. The number of benzene rings is 2. The van der Waals surface area contributed by atoms with Crippen LogP contribution in [0.2, 0.25) is 0 Å². The SMILES string of the molecule is O=C(NC(=O)c1c(F)cccc1F)Nc1cc(OC(F)(F)F)c(F)cc1F. The molecule has 2 aromatic rings. The van der Waals surface area contributed by atoms with Crippen molar-refractivity contribution in [2.75, 3.05) is 5.32 Å². The zero-order valence-corrected chi connectivity index (χ0v) is 12.8. The molecular formula is C15H7F7N2O3. The Bertz CT molecular complexity index is 879. The molecule has 0 unspecified atom stereocenters. The Morgan fingerprint density at radius 1 is 0.889 bits per heavy atom. The van der Waals surface area contributed by atoms with E-state index in [1.54, 1.807) is 5.32 Å². The summed E-state index contributed by atoms with van der Waals surface area (Å²) in [6, 6.07) is 1.04. The molecule has 2 aromatic carbocycles. The highest BCUT2D eigenvalue weighted by atomic mass is 19.4. The van der Waals surface area contributed by atoms with Gasteiger partial charge in [0.15, 0.2) is 11.6 Å². The van der Waals surface area contributed by atoms with Gasteiger partial charge in [0.1, 0.15) is 23.0 Å². The summed E-state index contributed by atoms with van der Waals surface area (Å²) in [5, 5.41) is 3.04. The van der Waals surface area contributed by atoms with Crippen LogP contribution in [0.3, 0.4) is 0 Å². The maximum Gasteiger partial charge on any atom is 0.573 e. The van der Waals surface area contributed by atoms with Crippen molar-refractivity contribution in [3.05, 3.63) is 59.2 Å². The smallest absolute Gasteiger partial charge is 0.403 e. The van der Waals surface area contributed by atoms with E-state index in [0.29, 0.717) is 0 Å². The molecule has 2 rings (SSSR count). The molecule has 3 amide bonds. The Hall–Kier alpha value is -3.31. The van der Waals surface area contributed by atoms with E-state index in [1.807, 2.05) is 0 Å². The quantitative estimate of drug-likeness (QED) is 0.768. The maximum absolute atomic E-state index is 13.6.